The first-order chi connectivity index (χ1) is 9.51. The minimum absolute atomic E-state index is 0.143. The van der Waals surface area contributed by atoms with Gasteiger partial charge < -0.3 is 14.4 Å². The van der Waals surface area contributed by atoms with Crippen LogP contribution in [-0.4, -0.2) is 27.7 Å². The number of carboxylic acids is 1. The first-order valence-corrected chi connectivity index (χ1v) is 5.80. The van der Waals surface area contributed by atoms with Gasteiger partial charge in [0.05, 0.1) is 24.8 Å². The Morgan fingerprint density at radius 1 is 1.50 bits per heavy atom. The molecule has 1 heterocycles. The molecule has 0 atom stereocenters. The van der Waals surface area contributed by atoms with Crippen LogP contribution in [0.3, 0.4) is 0 Å². The van der Waals surface area contributed by atoms with Gasteiger partial charge in [-0.3, -0.25) is 0 Å². The minimum Gasteiger partial charge on any atom is -0.495 e. The van der Waals surface area contributed by atoms with Crippen molar-refractivity contribution in [1.82, 2.24) is 9.55 Å². The summed E-state index contributed by atoms with van der Waals surface area (Å²) in [5.74, 6) is -1.25. The number of benzene rings is 1. The van der Waals surface area contributed by atoms with E-state index in [4.69, 9.17) is 9.84 Å². The summed E-state index contributed by atoms with van der Waals surface area (Å²) >= 11 is 0. The highest BCUT2D eigenvalue weighted by Gasteiger charge is 2.11. The monoisotopic (exact) mass is 276 g/mol. The zero-order valence-corrected chi connectivity index (χ0v) is 11.0. The fraction of sp³-hybridized carbons (Fsp3) is 0.143. The number of aryl methyl sites for hydroxylation is 1. The predicted molar refractivity (Wildman–Crippen MR) is 71.5 cm³/mol. The van der Waals surface area contributed by atoms with Crippen LogP contribution in [-0.2, 0) is 4.79 Å². The minimum atomic E-state index is -1.14. The number of carboxylic acid groups (broad SMARTS) is 1. The summed E-state index contributed by atoms with van der Waals surface area (Å²) in [6.45, 7) is 1.82. The van der Waals surface area contributed by atoms with Crippen LogP contribution >= 0.6 is 0 Å². The first-order valence-electron chi connectivity index (χ1n) is 5.80. The Bertz CT molecular complexity index is 677. The molecule has 2 aromatic rings. The fourth-order valence-electron chi connectivity index (χ4n) is 1.77. The molecule has 0 saturated heterocycles. The molecule has 6 heteroatoms. The summed E-state index contributed by atoms with van der Waals surface area (Å²) in [6.07, 6.45) is 5.35. The van der Waals surface area contributed by atoms with E-state index in [0.717, 1.165) is 11.8 Å². The van der Waals surface area contributed by atoms with E-state index in [-0.39, 0.29) is 5.56 Å². The number of imidazole rings is 1. The summed E-state index contributed by atoms with van der Waals surface area (Å²) in [5.41, 5.74) is 1.44. The molecule has 0 spiro atoms. The first kappa shape index (κ1) is 13.8. The van der Waals surface area contributed by atoms with Crippen molar-refractivity contribution in [2.24, 2.45) is 0 Å². The molecule has 0 amide bonds. The SMILES string of the molecule is COc1cc(/C=C/C(=O)O)c(F)cc1-n1cnc(C)c1. The zero-order chi connectivity index (χ0) is 14.7. The third-order valence-electron chi connectivity index (χ3n) is 2.69. The molecule has 0 radical (unpaired) electrons. The van der Waals surface area contributed by atoms with Crippen molar-refractivity contribution in [3.8, 4) is 11.4 Å². The lowest BCUT2D eigenvalue weighted by molar-refractivity contribution is -0.131. The average Bonchev–Trinajstić information content (AvgIpc) is 2.83. The molecule has 0 aliphatic rings. The summed E-state index contributed by atoms with van der Waals surface area (Å²) in [6, 6.07) is 2.72. The van der Waals surface area contributed by atoms with Gasteiger partial charge in [-0.05, 0) is 19.1 Å². The van der Waals surface area contributed by atoms with Gasteiger partial charge in [-0.15, -0.1) is 0 Å². The van der Waals surface area contributed by atoms with Crippen molar-refractivity contribution in [3.63, 3.8) is 0 Å². The average molecular weight is 276 g/mol. The van der Waals surface area contributed by atoms with Gasteiger partial charge >= 0.3 is 5.97 Å². The topological polar surface area (TPSA) is 64.3 Å². The highest BCUT2D eigenvalue weighted by atomic mass is 19.1. The summed E-state index contributed by atoms with van der Waals surface area (Å²) in [7, 11) is 1.46. The Kier molecular flexibility index (Phi) is 3.84. The van der Waals surface area contributed by atoms with Crippen molar-refractivity contribution >= 4 is 12.0 Å². The van der Waals surface area contributed by atoms with E-state index >= 15 is 0 Å². The lowest BCUT2D eigenvalue weighted by Gasteiger charge is -2.11. The lowest BCUT2D eigenvalue weighted by Crippen LogP contribution is -1.98. The molecule has 0 saturated carbocycles. The molecule has 2 rings (SSSR count). The van der Waals surface area contributed by atoms with E-state index in [1.807, 2.05) is 6.92 Å². The number of halogens is 1. The number of aromatic nitrogens is 2. The highest BCUT2D eigenvalue weighted by Crippen LogP contribution is 2.27. The van der Waals surface area contributed by atoms with Gasteiger partial charge in [0.25, 0.3) is 0 Å². The van der Waals surface area contributed by atoms with E-state index in [1.165, 1.54) is 25.3 Å². The van der Waals surface area contributed by atoms with Crippen LogP contribution < -0.4 is 4.74 Å². The molecule has 0 bridgehead atoms. The number of hydrogen-bond donors (Lipinski definition) is 1. The Labute approximate surface area is 114 Å². The maximum Gasteiger partial charge on any atom is 0.328 e. The van der Waals surface area contributed by atoms with Crippen LogP contribution in [0.25, 0.3) is 11.8 Å². The van der Waals surface area contributed by atoms with Crippen LogP contribution in [0.1, 0.15) is 11.3 Å². The Morgan fingerprint density at radius 2 is 2.25 bits per heavy atom. The van der Waals surface area contributed by atoms with Crippen LogP contribution in [0, 0.1) is 12.7 Å². The normalized spacial score (nSPS) is 10.9. The molecular formula is C14H13FN2O3. The van der Waals surface area contributed by atoms with Gasteiger partial charge in [0.2, 0.25) is 0 Å². The largest absolute Gasteiger partial charge is 0.495 e. The summed E-state index contributed by atoms with van der Waals surface area (Å²) in [4.78, 5) is 14.5. The molecule has 5 nitrogen and oxygen atoms in total. The Hall–Kier alpha value is -2.63. The third kappa shape index (κ3) is 2.85. The van der Waals surface area contributed by atoms with Gasteiger partial charge in [-0.2, -0.15) is 0 Å². The second-order valence-electron chi connectivity index (χ2n) is 4.14. The van der Waals surface area contributed by atoms with Crippen molar-refractivity contribution in [1.29, 1.82) is 0 Å². The van der Waals surface area contributed by atoms with Crippen molar-refractivity contribution in [3.05, 3.63) is 47.8 Å². The van der Waals surface area contributed by atoms with E-state index in [1.54, 1.807) is 17.1 Å². The van der Waals surface area contributed by atoms with E-state index in [9.17, 15) is 9.18 Å². The fourth-order valence-corrected chi connectivity index (χ4v) is 1.77. The second kappa shape index (κ2) is 5.56. The zero-order valence-electron chi connectivity index (χ0n) is 11.0. The van der Waals surface area contributed by atoms with Gasteiger partial charge in [0.15, 0.2) is 0 Å². The van der Waals surface area contributed by atoms with Gasteiger partial charge in [0, 0.05) is 23.9 Å². The molecule has 104 valence electrons. The van der Waals surface area contributed by atoms with E-state index in [0.29, 0.717) is 11.4 Å². The predicted octanol–water partition coefficient (Wildman–Crippen LogP) is 2.43. The molecule has 20 heavy (non-hydrogen) atoms. The summed E-state index contributed by atoms with van der Waals surface area (Å²) in [5, 5.41) is 8.57. The number of methoxy groups -OCH3 is 1. The maximum atomic E-state index is 14.0. The quantitative estimate of drug-likeness (QED) is 0.871. The molecule has 1 aromatic heterocycles. The molecule has 0 aliphatic heterocycles. The standard InChI is InChI=1S/C14H13FN2O3/c1-9-7-17(8-16-9)12-6-11(15)10(3-4-14(18)19)5-13(12)20-2/h3-8H,1-2H3,(H,18,19)/b4-3+. The molecule has 0 unspecified atom stereocenters. The second-order valence-corrected chi connectivity index (χ2v) is 4.14. The number of hydrogen-bond acceptors (Lipinski definition) is 3. The van der Waals surface area contributed by atoms with Gasteiger partial charge in [0.1, 0.15) is 11.6 Å². The molecule has 0 aliphatic carbocycles. The van der Waals surface area contributed by atoms with Crippen molar-refractivity contribution in [2.45, 2.75) is 6.92 Å². The smallest absolute Gasteiger partial charge is 0.328 e. The molecular weight excluding hydrogens is 263 g/mol. The van der Waals surface area contributed by atoms with Crippen LogP contribution in [0.4, 0.5) is 4.39 Å². The summed E-state index contributed by atoms with van der Waals surface area (Å²) < 4.78 is 20.8. The third-order valence-corrected chi connectivity index (χ3v) is 2.69. The number of ether oxygens (including phenoxy) is 1. The van der Waals surface area contributed by atoms with Gasteiger partial charge in [-0.1, -0.05) is 0 Å². The maximum absolute atomic E-state index is 14.0. The lowest BCUT2D eigenvalue weighted by atomic mass is 10.1. The molecule has 1 aromatic carbocycles. The van der Waals surface area contributed by atoms with Crippen molar-refractivity contribution < 1.29 is 19.0 Å². The molecule has 0 fully saturated rings. The van der Waals surface area contributed by atoms with E-state index < -0.39 is 11.8 Å². The van der Waals surface area contributed by atoms with Crippen LogP contribution in [0.2, 0.25) is 0 Å². The van der Waals surface area contributed by atoms with Crippen molar-refractivity contribution in [2.75, 3.05) is 7.11 Å². The number of carbonyl (C=O) groups is 1. The highest BCUT2D eigenvalue weighted by molar-refractivity contribution is 5.85. The van der Waals surface area contributed by atoms with E-state index in [2.05, 4.69) is 4.98 Å². The van der Waals surface area contributed by atoms with Crippen LogP contribution in [0.15, 0.2) is 30.7 Å². The Balaban J connectivity index is 2.50. The molecule has 1 N–H and O–H groups in total. The van der Waals surface area contributed by atoms with Crippen LogP contribution in [0.5, 0.6) is 5.75 Å². The Morgan fingerprint density at radius 3 is 2.80 bits per heavy atom. The number of rotatable bonds is 4. The van der Waals surface area contributed by atoms with Gasteiger partial charge in [-0.25, -0.2) is 14.2 Å². The number of aliphatic carboxylic acids is 1. The number of nitrogens with zero attached hydrogens (tertiary/aromatic N) is 2.